The van der Waals surface area contributed by atoms with Crippen LogP contribution in [0.2, 0.25) is 0 Å². The van der Waals surface area contributed by atoms with Gasteiger partial charge < -0.3 is 0 Å². The van der Waals surface area contributed by atoms with Gasteiger partial charge in [0, 0.05) is 0 Å². The van der Waals surface area contributed by atoms with Crippen molar-refractivity contribution < 1.29 is 17.9 Å². The first kappa shape index (κ1) is 11.2. The van der Waals surface area contributed by atoms with Gasteiger partial charge in [-0.05, 0) is 36.5 Å². The molecule has 2 fully saturated rings. The number of fused-ring (bicyclic) bond motifs is 1. The maximum atomic E-state index is 12.2. The summed E-state index contributed by atoms with van der Waals surface area (Å²) >= 11 is 0. The van der Waals surface area contributed by atoms with Crippen LogP contribution in [0.3, 0.4) is 0 Å². The van der Waals surface area contributed by atoms with Crippen LogP contribution in [-0.2, 0) is 4.74 Å². The van der Waals surface area contributed by atoms with Gasteiger partial charge in [0.1, 0.15) is 0 Å². The maximum Gasteiger partial charge on any atom is 0.522 e. The van der Waals surface area contributed by atoms with Crippen molar-refractivity contribution in [2.45, 2.75) is 45.6 Å². The Labute approximate surface area is 88.0 Å². The fourth-order valence-corrected chi connectivity index (χ4v) is 3.14. The third kappa shape index (κ3) is 2.30. The van der Waals surface area contributed by atoms with E-state index >= 15 is 0 Å². The predicted molar refractivity (Wildman–Crippen MR) is 50.1 cm³/mol. The molecule has 0 aliphatic heterocycles. The zero-order valence-electron chi connectivity index (χ0n) is 9.05. The first-order valence-corrected chi connectivity index (χ1v) is 5.67. The summed E-state index contributed by atoms with van der Waals surface area (Å²) in [6, 6.07) is 0. The zero-order chi connectivity index (χ0) is 11.2. The van der Waals surface area contributed by atoms with Crippen LogP contribution in [0.25, 0.3) is 0 Å². The highest BCUT2D eigenvalue weighted by Crippen LogP contribution is 2.56. The van der Waals surface area contributed by atoms with Gasteiger partial charge in [0.05, 0.1) is 6.10 Å². The third-order valence-electron chi connectivity index (χ3n) is 4.04. The predicted octanol–water partition coefficient (Wildman–Crippen LogP) is 3.59. The van der Waals surface area contributed by atoms with Crippen molar-refractivity contribution in [1.82, 2.24) is 0 Å². The fourth-order valence-electron chi connectivity index (χ4n) is 3.14. The minimum atomic E-state index is -4.48. The average molecular weight is 222 g/mol. The van der Waals surface area contributed by atoms with Crippen molar-refractivity contribution in [3.63, 3.8) is 0 Å². The smallest absolute Gasteiger partial charge is 0.288 e. The van der Waals surface area contributed by atoms with E-state index in [4.69, 9.17) is 0 Å². The van der Waals surface area contributed by atoms with E-state index in [0.717, 1.165) is 19.3 Å². The topological polar surface area (TPSA) is 9.23 Å². The van der Waals surface area contributed by atoms with Crippen molar-refractivity contribution >= 4 is 0 Å². The lowest BCUT2D eigenvalue weighted by Crippen LogP contribution is -2.39. The van der Waals surface area contributed by atoms with Gasteiger partial charge in [-0.1, -0.05) is 20.3 Å². The second-order valence-electron chi connectivity index (χ2n) is 4.95. The van der Waals surface area contributed by atoms with E-state index in [1.807, 2.05) is 13.8 Å². The minimum absolute atomic E-state index is 0.0651. The monoisotopic (exact) mass is 222 g/mol. The summed E-state index contributed by atoms with van der Waals surface area (Å²) in [7, 11) is 0. The van der Waals surface area contributed by atoms with Crippen molar-refractivity contribution in [2.75, 3.05) is 0 Å². The molecule has 5 atom stereocenters. The molecule has 2 saturated carbocycles. The molecular weight excluding hydrogens is 205 g/mol. The van der Waals surface area contributed by atoms with Crippen LogP contribution in [0, 0.1) is 23.7 Å². The summed E-state index contributed by atoms with van der Waals surface area (Å²) in [4.78, 5) is 0. The molecule has 4 heteroatoms. The number of halogens is 3. The first-order chi connectivity index (χ1) is 6.92. The van der Waals surface area contributed by atoms with E-state index in [0.29, 0.717) is 11.8 Å². The van der Waals surface area contributed by atoms with Gasteiger partial charge in [-0.2, -0.15) is 0 Å². The second-order valence-corrected chi connectivity index (χ2v) is 4.95. The standard InChI is InChI=1S/C11H17F3O/c1-3-7-4-8-5-9(8)6(2)10(7)15-11(12,13)14/h6-10H,3-5H2,1-2H3. The highest BCUT2D eigenvalue weighted by Gasteiger charge is 2.53. The Balaban J connectivity index is 2.04. The Morgan fingerprint density at radius 3 is 2.47 bits per heavy atom. The van der Waals surface area contributed by atoms with Crippen molar-refractivity contribution in [2.24, 2.45) is 23.7 Å². The van der Waals surface area contributed by atoms with Crippen LogP contribution in [0.4, 0.5) is 13.2 Å². The molecule has 5 unspecified atom stereocenters. The van der Waals surface area contributed by atoms with Gasteiger partial charge in [-0.15, -0.1) is 13.2 Å². The van der Waals surface area contributed by atoms with Crippen LogP contribution >= 0.6 is 0 Å². The van der Waals surface area contributed by atoms with Gasteiger partial charge in [-0.3, -0.25) is 4.74 Å². The molecule has 0 bridgehead atoms. The Kier molecular flexibility index (Phi) is 2.73. The fraction of sp³-hybridized carbons (Fsp3) is 1.00. The van der Waals surface area contributed by atoms with Crippen LogP contribution in [0.15, 0.2) is 0 Å². The van der Waals surface area contributed by atoms with Crippen molar-refractivity contribution in [1.29, 1.82) is 0 Å². The summed E-state index contributed by atoms with van der Waals surface area (Å²) in [6.45, 7) is 3.86. The van der Waals surface area contributed by atoms with Gasteiger partial charge in [0.25, 0.3) is 0 Å². The van der Waals surface area contributed by atoms with Gasteiger partial charge in [-0.25, -0.2) is 0 Å². The molecular formula is C11H17F3O. The molecule has 2 rings (SSSR count). The van der Waals surface area contributed by atoms with Crippen LogP contribution in [-0.4, -0.2) is 12.5 Å². The molecule has 0 spiro atoms. The molecule has 0 aromatic heterocycles. The largest absolute Gasteiger partial charge is 0.522 e. The molecule has 0 heterocycles. The number of hydrogen-bond donors (Lipinski definition) is 0. The highest BCUT2D eigenvalue weighted by atomic mass is 19.4. The van der Waals surface area contributed by atoms with Crippen molar-refractivity contribution in [3.8, 4) is 0 Å². The van der Waals surface area contributed by atoms with Gasteiger partial charge >= 0.3 is 6.36 Å². The quantitative estimate of drug-likeness (QED) is 0.693. The molecule has 15 heavy (non-hydrogen) atoms. The van der Waals surface area contributed by atoms with Crippen LogP contribution < -0.4 is 0 Å². The summed E-state index contributed by atoms with van der Waals surface area (Å²) in [5.74, 6) is 1.32. The summed E-state index contributed by atoms with van der Waals surface area (Å²) < 4.78 is 41.0. The Hall–Kier alpha value is -0.250. The molecule has 0 aromatic rings. The molecule has 0 amide bonds. The molecule has 0 saturated heterocycles. The molecule has 0 radical (unpaired) electrons. The summed E-state index contributed by atoms with van der Waals surface area (Å²) in [5, 5.41) is 0. The third-order valence-corrected chi connectivity index (χ3v) is 4.04. The van der Waals surface area contributed by atoms with E-state index in [-0.39, 0.29) is 11.8 Å². The minimum Gasteiger partial charge on any atom is -0.288 e. The lowest BCUT2D eigenvalue weighted by Gasteiger charge is -2.35. The van der Waals surface area contributed by atoms with E-state index in [1.54, 1.807) is 0 Å². The Morgan fingerprint density at radius 2 is 1.93 bits per heavy atom. The Bertz CT molecular complexity index is 238. The Morgan fingerprint density at radius 1 is 1.27 bits per heavy atom. The zero-order valence-corrected chi connectivity index (χ0v) is 9.05. The SMILES string of the molecule is CCC1CC2CC2C(C)C1OC(F)(F)F. The summed E-state index contributed by atoms with van der Waals surface area (Å²) in [5.41, 5.74) is 0. The summed E-state index contributed by atoms with van der Waals surface area (Å²) in [6.07, 6.45) is -2.27. The van der Waals surface area contributed by atoms with E-state index in [1.165, 1.54) is 0 Å². The number of ether oxygens (including phenoxy) is 1. The highest BCUT2D eigenvalue weighted by molar-refractivity contribution is 5.00. The lowest BCUT2D eigenvalue weighted by molar-refractivity contribution is -0.357. The van der Waals surface area contributed by atoms with Gasteiger partial charge in [0.2, 0.25) is 0 Å². The van der Waals surface area contributed by atoms with Crippen molar-refractivity contribution in [3.05, 3.63) is 0 Å². The second kappa shape index (κ2) is 3.65. The molecule has 1 nitrogen and oxygen atoms in total. The molecule has 2 aliphatic rings. The van der Waals surface area contributed by atoms with E-state index < -0.39 is 12.5 Å². The normalized spacial score (nSPS) is 45.0. The van der Waals surface area contributed by atoms with Crippen LogP contribution in [0.5, 0.6) is 0 Å². The van der Waals surface area contributed by atoms with E-state index in [2.05, 4.69) is 4.74 Å². The first-order valence-electron chi connectivity index (χ1n) is 5.67. The molecule has 2 aliphatic carbocycles. The molecule has 0 N–H and O–H groups in total. The number of rotatable bonds is 2. The maximum absolute atomic E-state index is 12.2. The molecule has 0 aromatic carbocycles. The number of alkyl halides is 3. The average Bonchev–Trinajstić information content (AvgIpc) is 2.87. The number of hydrogen-bond acceptors (Lipinski definition) is 1. The molecule has 88 valence electrons. The van der Waals surface area contributed by atoms with Gasteiger partial charge in [0.15, 0.2) is 0 Å². The lowest BCUT2D eigenvalue weighted by atomic mass is 9.78. The van der Waals surface area contributed by atoms with Crippen LogP contribution in [0.1, 0.15) is 33.1 Å². The van der Waals surface area contributed by atoms with E-state index in [9.17, 15) is 13.2 Å².